The van der Waals surface area contributed by atoms with Gasteiger partial charge in [0.25, 0.3) is 0 Å². The smallest absolute Gasteiger partial charge is 0.328 e. The van der Waals surface area contributed by atoms with Crippen LogP contribution in [0.1, 0.15) is 20.3 Å². The molecular formula is C8H14N2O5. The number of carboxylic acids is 1. The first kappa shape index (κ1) is 13.4. The fourth-order valence-corrected chi connectivity index (χ4v) is 1.03. The lowest BCUT2D eigenvalue weighted by atomic mass is 10.2. The molecule has 86 valence electrons. The molecule has 0 rings (SSSR count). The van der Waals surface area contributed by atoms with Crippen molar-refractivity contribution < 1.29 is 24.6 Å². The first-order valence-electron chi connectivity index (χ1n) is 4.30. The number of carbonyl (C=O) groups excluding carboxylic acids is 2. The highest BCUT2D eigenvalue weighted by Crippen LogP contribution is 2.02. The zero-order chi connectivity index (χ0) is 12.0. The highest BCUT2D eigenvalue weighted by molar-refractivity contribution is 5.84. The number of carbonyl (C=O) groups is 3. The van der Waals surface area contributed by atoms with E-state index in [2.05, 4.69) is 5.43 Å². The van der Waals surface area contributed by atoms with E-state index in [1.807, 2.05) is 0 Å². The van der Waals surface area contributed by atoms with Crippen LogP contribution in [-0.4, -0.2) is 45.7 Å². The van der Waals surface area contributed by atoms with Crippen molar-refractivity contribution in [1.29, 1.82) is 0 Å². The Morgan fingerprint density at radius 1 is 1.33 bits per heavy atom. The number of rotatable bonds is 4. The zero-order valence-corrected chi connectivity index (χ0v) is 8.56. The van der Waals surface area contributed by atoms with E-state index >= 15 is 0 Å². The molecule has 0 aromatic heterocycles. The van der Waals surface area contributed by atoms with Gasteiger partial charge >= 0.3 is 5.97 Å². The standard InChI is InChI=1S/C8H14N2O5/c1-5(12)9-10(6(2)13)7(3-4-11)8(14)15/h7,11H,3-4H2,1-2H3,(H,9,12)(H,14,15)/t7-/m0/s1. The third-order valence-electron chi connectivity index (χ3n) is 1.62. The van der Waals surface area contributed by atoms with Gasteiger partial charge in [-0.3, -0.25) is 15.0 Å². The molecule has 15 heavy (non-hydrogen) atoms. The maximum atomic E-state index is 11.1. The average molecular weight is 218 g/mol. The van der Waals surface area contributed by atoms with Crippen LogP contribution in [-0.2, 0) is 14.4 Å². The molecule has 1 atom stereocenters. The van der Waals surface area contributed by atoms with E-state index in [1.54, 1.807) is 0 Å². The molecule has 0 bridgehead atoms. The van der Waals surface area contributed by atoms with Crippen LogP contribution in [0.4, 0.5) is 0 Å². The van der Waals surface area contributed by atoms with Crippen LogP contribution in [0.15, 0.2) is 0 Å². The number of nitrogens with zero attached hydrogens (tertiary/aromatic N) is 1. The number of hydrazine groups is 1. The second-order valence-corrected chi connectivity index (χ2v) is 2.92. The summed E-state index contributed by atoms with van der Waals surface area (Å²) in [7, 11) is 0. The normalized spacial score (nSPS) is 11.7. The number of nitrogens with one attached hydrogen (secondary N) is 1. The third kappa shape index (κ3) is 4.41. The van der Waals surface area contributed by atoms with Crippen LogP contribution in [0.25, 0.3) is 0 Å². The first-order valence-corrected chi connectivity index (χ1v) is 4.30. The van der Waals surface area contributed by atoms with Gasteiger partial charge in [0.2, 0.25) is 11.8 Å². The summed E-state index contributed by atoms with van der Waals surface area (Å²) in [6, 6.07) is -1.25. The molecule has 2 amide bonds. The molecule has 0 saturated carbocycles. The van der Waals surface area contributed by atoms with Gasteiger partial charge in [0.15, 0.2) is 6.04 Å². The van der Waals surface area contributed by atoms with Gasteiger partial charge in [-0.15, -0.1) is 0 Å². The maximum Gasteiger partial charge on any atom is 0.328 e. The fraction of sp³-hybridized carbons (Fsp3) is 0.625. The van der Waals surface area contributed by atoms with E-state index < -0.39 is 23.8 Å². The van der Waals surface area contributed by atoms with E-state index in [1.165, 1.54) is 0 Å². The molecule has 0 saturated heterocycles. The molecule has 0 aromatic carbocycles. The Bertz CT molecular complexity index is 266. The van der Waals surface area contributed by atoms with Crippen LogP contribution in [0, 0.1) is 0 Å². The lowest BCUT2D eigenvalue weighted by molar-refractivity contribution is -0.155. The van der Waals surface area contributed by atoms with E-state index in [0.29, 0.717) is 5.01 Å². The number of aliphatic hydroxyl groups is 1. The predicted octanol–water partition coefficient (Wildman–Crippen LogP) is -1.28. The molecule has 0 aliphatic carbocycles. The van der Waals surface area contributed by atoms with Crippen LogP contribution in [0.2, 0.25) is 0 Å². The van der Waals surface area contributed by atoms with E-state index in [0.717, 1.165) is 13.8 Å². The van der Waals surface area contributed by atoms with E-state index in [-0.39, 0.29) is 13.0 Å². The Kier molecular flexibility index (Phi) is 5.32. The molecule has 7 heteroatoms. The van der Waals surface area contributed by atoms with Gasteiger partial charge in [0, 0.05) is 26.9 Å². The minimum Gasteiger partial charge on any atom is -0.480 e. The van der Waals surface area contributed by atoms with Crippen LogP contribution >= 0.6 is 0 Å². The molecular weight excluding hydrogens is 204 g/mol. The van der Waals surface area contributed by atoms with Gasteiger partial charge in [0.1, 0.15) is 0 Å². The van der Waals surface area contributed by atoms with Crippen molar-refractivity contribution in [2.45, 2.75) is 26.3 Å². The lowest BCUT2D eigenvalue weighted by Gasteiger charge is -2.26. The number of hydrogen-bond acceptors (Lipinski definition) is 4. The van der Waals surface area contributed by atoms with Crippen LogP contribution < -0.4 is 5.43 Å². The summed E-state index contributed by atoms with van der Waals surface area (Å²) < 4.78 is 0. The lowest BCUT2D eigenvalue weighted by Crippen LogP contribution is -2.53. The van der Waals surface area contributed by atoms with Crippen molar-refractivity contribution in [3.8, 4) is 0 Å². The number of aliphatic hydroxyl groups excluding tert-OH is 1. The zero-order valence-electron chi connectivity index (χ0n) is 8.56. The largest absolute Gasteiger partial charge is 0.480 e. The summed E-state index contributed by atoms with van der Waals surface area (Å²) in [5.41, 5.74) is 2.10. The highest BCUT2D eigenvalue weighted by Gasteiger charge is 2.28. The van der Waals surface area contributed by atoms with Crippen molar-refractivity contribution in [3.63, 3.8) is 0 Å². The van der Waals surface area contributed by atoms with Gasteiger partial charge in [-0.25, -0.2) is 9.80 Å². The molecule has 3 N–H and O–H groups in total. The maximum absolute atomic E-state index is 11.1. The summed E-state index contributed by atoms with van der Waals surface area (Å²) in [6.07, 6.45) is -0.144. The molecule has 0 aliphatic rings. The Balaban J connectivity index is 4.74. The summed E-state index contributed by atoms with van der Waals surface area (Å²) >= 11 is 0. The third-order valence-corrected chi connectivity index (χ3v) is 1.62. The van der Waals surface area contributed by atoms with Crippen molar-refractivity contribution in [3.05, 3.63) is 0 Å². The number of amides is 2. The number of aliphatic carboxylic acids is 1. The SMILES string of the molecule is CC(=O)NN(C(C)=O)[C@@H](CCO)C(=O)O. The molecule has 0 aromatic rings. The summed E-state index contributed by atoms with van der Waals surface area (Å²) in [5.74, 6) is -2.44. The second-order valence-electron chi connectivity index (χ2n) is 2.92. The molecule has 0 fully saturated rings. The molecule has 0 aliphatic heterocycles. The number of hydrogen-bond donors (Lipinski definition) is 3. The van der Waals surface area contributed by atoms with Crippen molar-refractivity contribution in [2.24, 2.45) is 0 Å². The highest BCUT2D eigenvalue weighted by atomic mass is 16.4. The van der Waals surface area contributed by atoms with Gasteiger partial charge in [0.05, 0.1) is 0 Å². The van der Waals surface area contributed by atoms with Gasteiger partial charge in [-0.2, -0.15) is 0 Å². The number of carboxylic acid groups (broad SMARTS) is 1. The van der Waals surface area contributed by atoms with Crippen LogP contribution in [0.5, 0.6) is 0 Å². The summed E-state index contributed by atoms with van der Waals surface area (Å²) in [4.78, 5) is 32.6. The van der Waals surface area contributed by atoms with Crippen molar-refractivity contribution >= 4 is 17.8 Å². The Hall–Kier alpha value is -1.63. The molecule has 0 unspecified atom stereocenters. The van der Waals surface area contributed by atoms with Gasteiger partial charge in [-0.1, -0.05) is 0 Å². The topological polar surface area (TPSA) is 107 Å². The van der Waals surface area contributed by atoms with Gasteiger partial charge < -0.3 is 10.2 Å². The minimum absolute atomic E-state index is 0.144. The van der Waals surface area contributed by atoms with E-state index in [4.69, 9.17) is 10.2 Å². The Labute approximate surface area is 86.6 Å². The molecule has 0 heterocycles. The van der Waals surface area contributed by atoms with Crippen molar-refractivity contribution in [1.82, 2.24) is 10.4 Å². The quantitative estimate of drug-likeness (QED) is 0.509. The predicted molar refractivity (Wildman–Crippen MR) is 49.5 cm³/mol. The monoisotopic (exact) mass is 218 g/mol. The molecule has 0 spiro atoms. The Morgan fingerprint density at radius 3 is 2.13 bits per heavy atom. The average Bonchev–Trinajstić information content (AvgIpc) is 2.09. The first-order chi connectivity index (χ1) is 6.90. The molecule has 7 nitrogen and oxygen atoms in total. The van der Waals surface area contributed by atoms with Crippen molar-refractivity contribution in [2.75, 3.05) is 6.61 Å². The second kappa shape index (κ2) is 5.97. The summed E-state index contributed by atoms with van der Waals surface area (Å²) in [6.45, 7) is 1.90. The Morgan fingerprint density at radius 2 is 1.87 bits per heavy atom. The fourth-order valence-electron chi connectivity index (χ4n) is 1.03. The van der Waals surface area contributed by atoms with E-state index in [9.17, 15) is 14.4 Å². The van der Waals surface area contributed by atoms with Crippen LogP contribution in [0.3, 0.4) is 0 Å². The van der Waals surface area contributed by atoms with Gasteiger partial charge in [-0.05, 0) is 0 Å². The minimum atomic E-state index is -1.28. The summed E-state index contributed by atoms with van der Waals surface area (Å²) in [5, 5.41) is 18.1. The molecule has 0 radical (unpaired) electrons.